The predicted octanol–water partition coefficient (Wildman–Crippen LogP) is 3.49. The van der Waals surface area contributed by atoms with Gasteiger partial charge in [-0.3, -0.25) is 14.8 Å². The minimum atomic E-state index is -0.258. The molecule has 8 heteroatoms. The van der Waals surface area contributed by atoms with E-state index in [1.807, 2.05) is 34.7 Å². The first-order valence-electron chi connectivity index (χ1n) is 6.94. The van der Waals surface area contributed by atoms with Gasteiger partial charge in [0.2, 0.25) is 5.91 Å². The average Bonchev–Trinajstić information content (AvgIpc) is 3.07. The lowest BCUT2D eigenvalue weighted by Crippen LogP contribution is -2.21. The lowest BCUT2D eigenvalue weighted by Gasteiger charge is -2.06. The molecule has 0 saturated carbocycles. The molecule has 0 aliphatic carbocycles. The highest BCUT2D eigenvalue weighted by Crippen LogP contribution is 2.31. The quantitative estimate of drug-likeness (QED) is 0.389. The summed E-state index contributed by atoms with van der Waals surface area (Å²) in [4.78, 5) is 22.0. The minimum absolute atomic E-state index is 0.0616. The number of nitrogens with one attached hydrogen (secondary N) is 1. The van der Waals surface area contributed by atoms with Crippen molar-refractivity contribution >= 4 is 68.4 Å². The zero-order chi connectivity index (χ0) is 17.4. The Morgan fingerprint density at radius 3 is 2.54 bits per heavy atom. The number of halogens is 3. The maximum absolute atomic E-state index is 13.0. The van der Waals surface area contributed by atoms with Crippen LogP contribution in [0.25, 0.3) is 0 Å². The van der Waals surface area contributed by atoms with Crippen molar-refractivity contribution < 1.29 is 19.2 Å². The van der Waals surface area contributed by atoms with Crippen LogP contribution >= 0.6 is 45.2 Å². The molecule has 2 aliphatic heterocycles. The number of hydrogen-bond donors (Lipinski definition) is 2. The Balaban J connectivity index is 0.000000141. The van der Waals surface area contributed by atoms with Gasteiger partial charge in [0.15, 0.2) is 0 Å². The van der Waals surface area contributed by atoms with Crippen molar-refractivity contribution in [1.29, 1.82) is 0 Å². The van der Waals surface area contributed by atoms with E-state index in [-0.39, 0.29) is 17.6 Å². The van der Waals surface area contributed by atoms with Gasteiger partial charge in [0.25, 0.3) is 5.91 Å². The van der Waals surface area contributed by atoms with Crippen molar-refractivity contribution in [2.75, 3.05) is 10.4 Å². The van der Waals surface area contributed by atoms with Gasteiger partial charge < -0.3 is 5.32 Å². The second kappa shape index (κ2) is 6.92. The number of carbonyl (C=O) groups is 2. The second-order valence-electron chi connectivity index (χ2n) is 5.23. The van der Waals surface area contributed by atoms with Crippen LogP contribution in [-0.2, 0) is 22.4 Å². The number of anilines is 2. The molecule has 2 N–H and O–H groups in total. The number of rotatable bonds is 0. The number of nitrogens with zero attached hydrogens (tertiary/aromatic N) is 1. The van der Waals surface area contributed by atoms with Crippen molar-refractivity contribution in [2.24, 2.45) is 0 Å². The van der Waals surface area contributed by atoms with Gasteiger partial charge in [-0.2, -0.15) is 5.06 Å². The summed E-state index contributed by atoms with van der Waals surface area (Å²) in [6.45, 7) is 0. The maximum atomic E-state index is 13.0. The Hall–Kier alpha value is -1.27. The van der Waals surface area contributed by atoms with Crippen molar-refractivity contribution in [3.8, 4) is 0 Å². The largest absolute Gasteiger partial charge is 0.325 e. The summed E-state index contributed by atoms with van der Waals surface area (Å²) in [6, 6.07) is 8.45. The summed E-state index contributed by atoms with van der Waals surface area (Å²) >= 11 is 4.07. The molecule has 24 heavy (non-hydrogen) atoms. The number of fused-ring (bicyclic) bond motifs is 2. The van der Waals surface area contributed by atoms with Gasteiger partial charge in [0, 0.05) is 20.4 Å². The summed E-state index contributed by atoms with van der Waals surface area (Å²) in [5, 5.41) is 12.6. The second-order valence-corrected chi connectivity index (χ2v) is 7.47. The minimum Gasteiger partial charge on any atom is -0.325 e. The first-order chi connectivity index (χ1) is 11.4. The first-order valence-corrected chi connectivity index (χ1v) is 9.10. The molecule has 5 nitrogen and oxygen atoms in total. The van der Waals surface area contributed by atoms with Crippen LogP contribution in [0, 0.1) is 13.0 Å². The molecule has 0 saturated heterocycles. The van der Waals surface area contributed by atoms with Gasteiger partial charge in [-0.1, -0.05) is 6.07 Å². The fourth-order valence-corrected chi connectivity index (χ4v) is 3.85. The van der Waals surface area contributed by atoms with E-state index in [1.165, 1.54) is 6.07 Å². The molecule has 0 bridgehead atoms. The highest BCUT2D eigenvalue weighted by atomic mass is 127. The van der Waals surface area contributed by atoms with E-state index in [1.54, 1.807) is 12.1 Å². The molecule has 2 aromatic carbocycles. The standard InChI is InChI=1S/C8H5FINO.C8H6INO2/c9-5-1-2-6-4(8(5)10)3-7(12)11-6;9-6-2-1-3-7-5(6)4-8(11)10(7)12/h1-2H,3H2,(H,11,12);1-3,12H,4H2. The third-order valence-corrected chi connectivity index (χ3v) is 5.87. The average molecular weight is 552 g/mol. The third kappa shape index (κ3) is 3.26. The van der Waals surface area contributed by atoms with E-state index in [2.05, 4.69) is 27.9 Å². The SMILES string of the molecule is O=C1Cc2c(I)cccc2N1O.O=C1Cc2c(ccc(F)c2I)N1. The van der Waals surface area contributed by atoms with E-state index in [9.17, 15) is 19.2 Å². The van der Waals surface area contributed by atoms with Gasteiger partial charge in [-0.05, 0) is 69.4 Å². The fraction of sp³-hybridized carbons (Fsp3) is 0.125. The molecular formula is C16H11FI2N2O3. The molecule has 0 spiro atoms. The molecule has 2 heterocycles. The smallest absolute Gasteiger partial charge is 0.255 e. The Bertz CT molecular complexity index is 857. The predicted molar refractivity (Wildman–Crippen MR) is 104 cm³/mol. The molecular weight excluding hydrogens is 541 g/mol. The zero-order valence-electron chi connectivity index (χ0n) is 12.1. The molecule has 0 radical (unpaired) electrons. The summed E-state index contributed by atoms with van der Waals surface area (Å²) in [6.07, 6.45) is 0.607. The molecule has 2 aliphatic rings. The number of hydrogen-bond acceptors (Lipinski definition) is 3. The molecule has 4 rings (SSSR count). The number of benzene rings is 2. The van der Waals surface area contributed by atoms with Crippen LogP contribution in [-0.4, -0.2) is 17.0 Å². The number of amides is 2. The Morgan fingerprint density at radius 2 is 1.83 bits per heavy atom. The maximum Gasteiger partial charge on any atom is 0.255 e. The van der Waals surface area contributed by atoms with Crippen molar-refractivity contribution in [3.63, 3.8) is 0 Å². The summed E-state index contributed by atoms with van der Waals surface area (Å²) in [7, 11) is 0. The molecule has 0 fully saturated rings. The van der Waals surface area contributed by atoms with Crippen LogP contribution in [0.2, 0.25) is 0 Å². The molecule has 0 atom stereocenters. The normalized spacial score (nSPS) is 14.8. The fourth-order valence-electron chi connectivity index (χ4n) is 2.52. The van der Waals surface area contributed by atoms with E-state index in [4.69, 9.17) is 0 Å². The van der Waals surface area contributed by atoms with Crippen LogP contribution in [0.15, 0.2) is 30.3 Å². The number of carbonyl (C=O) groups excluding carboxylic acids is 2. The van der Waals surface area contributed by atoms with Crippen LogP contribution in [0.5, 0.6) is 0 Å². The summed E-state index contributed by atoms with van der Waals surface area (Å²) in [5.41, 5.74) is 3.06. The topological polar surface area (TPSA) is 69.6 Å². The lowest BCUT2D eigenvalue weighted by molar-refractivity contribution is -0.122. The monoisotopic (exact) mass is 552 g/mol. The van der Waals surface area contributed by atoms with Crippen molar-refractivity contribution in [2.45, 2.75) is 12.8 Å². The third-order valence-electron chi connectivity index (χ3n) is 3.69. The zero-order valence-corrected chi connectivity index (χ0v) is 16.5. The molecule has 0 aromatic heterocycles. The van der Waals surface area contributed by atoms with Crippen LogP contribution in [0.4, 0.5) is 15.8 Å². The molecule has 2 aromatic rings. The number of hydroxylamine groups is 1. The van der Waals surface area contributed by atoms with Gasteiger partial charge in [0.1, 0.15) is 5.82 Å². The molecule has 2 amide bonds. The summed E-state index contributed by atoms with van der Waals surface area (Å²) in [5.74, 6) is -0.575. The van der Waals surface area contributed by atoms with Gasteiger partial charge >= 0.3 is 0 Å². The van der Waals surface area contributed by atoms with Crippen LogP contribution in [0.1, 0.15) is 11.1 Å². The van der Waals surface area contributed by atoms with Gasteiger partial charge in [0.05, 0.1) is 22.1 Å². The van der Waals surface area contributed by atoms with E-state index < -0.39 is 0 Å². The van der Waals surface area contributed by atoms with Crippen LogP contribution < -0.4 is 10.4 Å². The van der Waals surface area contributed by atoms with Gasteiger partial charge in [-0.15, -0.1) is 0 Å². The van der Waals surface area contributed by atoms with Gasteiger partial charge in [-0.25, -0.2) is 4.39 Å². The van der Waals surface area contributed by atoms with E-state index >= 15 is 0 Å². The van der Waals surface area contributed by atoms with Crippen molar-refractivity contribution in [3.05, 3.63) is 54.4 Å². The highest BCUT2D eigenvalue weighted by Gasteiger charge is 2.27. The Morgan fingerprint density at radius 1 is 1.08 bits per heavy atom. The van der Waals surface area contributed by atoms with E-state index in [0.717, 1.165) is 25.4 Å². The lowest BCUT2D eigenvalue weighted by atomic mass is 10.2. The Labute approximate surface area is 164 Å². The molecule has 0 unspecified atom stereocenters. The first kappa shape index (κ1) is 17.5. The van der Waals surface area contributed by atoms with Crippen LogP contribution in [0.3, 0.4) is 0 Å². The highest BCUT2D eigenvalue weighted by molar-refractivity contribution is 14.1. The summed E-state index contributed by atoms with van der Waals surface area (Å²) < 4.78 is 14.5. The molecule has 124 valence electrons. The van der Waals surface area contributed by atoms with E-state index in [0.29, 0.717) is 22.1 Å². The Kier molecular flexibility index (Phi) is 5.06. The van der Waals surface area contributed by atoms with Crippen molar-refractivity contribution in [1.82, 2.24) is 0 Å².